The van der Waals surface area contributed by atoms with Crippen LogP contribution >= 0.6 is 23.2 Å². The van der Waals surface area contributed by atoms with Gasteiger partial charge in [-0.05, 0) is 12.1 Å². The van der Waals surface area contributed by atoms with Crippen molar-refractivity contribution in [1.29, 1.82) is 0 Å². The van der Waals surface area contributed by atoms with E-state index in [1.54, 1.807) is 29.2 Å². The Bertz CT molecular complexity index is 424. The smallest absolute Gasteiger partial charge is 0.227 e. The molecule has 84 valence electrons. The first kappa shape index (κ1) is 11.5. The van der Waals surface area contributed by atoms with Crippen LogP contribution in [-0.2, 0) is 4.79 Å². The van der Waals surface area contributed by atoms with Crippen LogP contribution in [0.25, 0.3) is 0 Å². The molecular weight excluding hydrogens is 245 g/mol. The lowest BCUT2D eigenvalue weighted by atomic mass is 10.1. The summed E-state index contributed by atoms with van der Waals surface area (Å²) in [7, 11) is 0. The number of halogens is 2. The molecule has 1 fully saturated rings. The molecule has 0 saturated carbocycles. The fourth-order valence-electron chi connectivity index (χ4n) is 1.86. The number of nitrogens with zero attached hydrogens (tertiary/aromatic N) is 1. The summed E-state index contributed by atoms with van der Waals surface area (Å²) >= 11 is 12.1. The van der Waals surface area contributed by atoms with Crippen molar-refractivity contribution in [3.05, 3.63) is 40.9 Å². The molecule has 2 nitrogen and oxygen atoms in total. The third-order valence-corrected chi connectivity index (χ3v) is 3.31. The molecule has 1 aliphatic rings. The van der Waals surface area contributed by atoms with Crippen LogP contribution in [0.3, 0.4) is 0 Å². The van der Waals surface area contributed by atoms with E-state index < -0.39 is 0 Å². The Kier molecular flexibility index (Phi) is 3.22. The van der Waals surface area contributed by atoms with Crippen LogP contribution in [0, 0.1) is 5.92 Å². The minimum absolute atomic E-state index is 0.0416. The summed E-state index contributed by atoms with van der Waals surface area (Å²) < 4.78 is 0. The van der Waals surface area contributed by atoms with Crippen molar-refractivity contribution in [3.63, 3.8) is 0 Å². The zero-order valence-corrected chi connectivity index (χ0v) is 10.1. The Morgan fingerprint density at radius 2 is 2.00 bits per heavy atom. The average molecular weight is 256 g/mol. The number of para-hydroxylation sites is 1. The van der Waals surface area contributed by atoms with E-state index >= 15 is 0 Å². The van der Waals surface area contributed by atoms with Crippen molar-refractivity contribution in [2.45, 2.75) is 6.42 Å². The molecule has 0 spiro atoms. The predicted octanol–water partition coefficient (Wildman–Crippen LogP) is 3.53. The second-order valence-electron chi connectivity index (χ2n) is 3.77. The lowest BCUT2D eigenvalue weighted by Gasteiger charge is -2.19. The standard InChI is InChI=1S/C12H11Cl2NO/c1-2-8-6-11(16)15(7-8)12-9(13)4-3-5-10(12)14/h2-5,8H,1,6-7H2. The van der Waals surface area contributed by atoms with E-state index in [4.69, 9.17) is 23.2 Å². The van der Waals surface area contributed by atoms with Crippen LogP contribution in [0.4, 0.5) is 5.69 Å². The molecule has 1 aromatic rings. The Labute approximate surface area is 104 Å². The van der Waals surface area contributed by atoms with Crippen LogP contribution in [0.1, 0.15) is 6.42 Å². The second kappa shape index (κ2) is 4.48. The Hall–Kier alpha value is -0.990. The number of amides is 1. The van der Waals surface area contributed by atoms with Crippen molar-refractivity contribution in [2.24, 2.45) is 5.92 Å². The fraction of sp³-hybridized carbons (Fsp3) is 0.250. The van der Waals surface area contributed by atoms with Gasteiger partial charge < -0.3 is 4.90 Å². The van der Waals surface area contributed by atoms with Gasteiger partial charge in [-0.2, -0.15) is 0 Å². The van der Waals surface area contributed by atoms with E-state index in [0.717, 1.165) is 0 Å². The topological polar surface area (TPSA) is 20.3 Å². The first-order chi connectivity index (χ1) is 7.63. The van der Waals surface area contributed by atoms with E-state index in [-0.39, 0.29) is 11.8 Å². The molecule has 0 aromatic heterocycles. The first-order valence-electron chi connectivity index (χ1n) is 5.00. The number of benzene rings is 1. The zero-order chi connectivity index (χ0) is 11.7. The monoisotopic (exact) mass is 255 g/mol. The summed E-state index contributed by atoms with van der Waals surface area (Å²) in [6.45, 7) is 4.31. The van der Waals surface area contributed by atoms with Crippen molar-refractivity contribution in [3.8, 4) is 0 Å². The first-order valence-corrected chi connectivity index (χ1v) is 5.76. The molecule has 1 saturated heterocycles. The molecule has 0 aliphatic carbocycles. The fourth-order valence-corrected chi connectivity index (χ4v) is 2.46. The summed E-state index contributed by atoms with van der Waals surface area (Å²) in [5.41, 5.74) is 0.611. The molecule has 2 rings (SSSR count). The van der Waals surface area contributed by atoms with Gasteiger partial charge in [-0.3, -0.25) is 4.79 Å². The average Bonchev–Trinajstić information content (AvgIpc) is 2.60. The van der Waals surface area contributed by atoms with Crippen LogP contribution in [0.2, 0.25) is 10.0 Å². The van der Waals surface area contributed by atoms with E-state index in [1.807, 2.05) is 0 Å². The van der Waals surface area contributed by atoms with Crippen LogP contribution in [0.5, 0.6) is 0 Å². The number of rotatable bonds is 2. The zero-order valence-electron chi connectivity index (χ0n) is 8.62. The van der Waals surface area contributed by atoms with Gasteiger partial charge in [0, 0.05) is 18.9 Å². The highest BCUT2D eigenvalue weighted by molar-refractivity contribution is 6.40. The van der Waals surface area contributed by atoms with Crippen molar-refractivity contribution in [2.75, 3.05) is 11.4 Å². The minimum atomic E-state index is 0.0416. The highest BCUT2D eigenvalue weighted by atomic mass is 35.5. The van der Waals surface area contributed by atoms with Gasteiger partial charge in [-0.15, -0.1) is 6.58 Å². The SMILES string of the molecule is C=CC1CC(=O)N(c2c(Cl)cccc2Cl)C1. The van der Waals surface area contributed by atoms with Crippen LogP contribution in [-0.4, -0.2) is 12.5 Å². The maximum Gasteiger partial charge on any atom is 0.227 e. The van der Waals surface area contributed by atoms with Crippen molar-refractivity contribution >= 4 is 34.8 Å². The Morgan fingerprint density at radius 3 is 2.50 bits per heavy atom. The van der Waals surface area contributed by atoms with E-state index in [9.17, 15) is 4.79 Å². The van der Waals surface area contributed by atoms with Gasteiger partial charge in [0.15, 0.2) is 0 Å². The number of hydrogen-bond donors (Lipinski definition) is 0. The summed E-state index contributed by atoms with van der Waals surface area (Å²) in [6, 6.07) is 5.23. The minimum Gasteiger partial charge on any atom is -0.309 e. The Balaban J connectivity index is 2.38. The van der Waals surface area contributed by atoms with Gasteiger partial charge in [-0.1, -0.05) is 35.3 Å². The van der Waals surface area contributed by atoms with Crippen molar-refractivity contribution < 1.29 is 4.79 Å². The molecular formula is C12H11Cl2NO. The molecule has 0 N–H and O–H groups in total. The lowest BCUT2D eigenvalue weighted by Crippen LogP contribution is -2.25. The molecule has 4 heteroatoms. The molecule has 1 aromatic carbocycles. The summed E-state index contributed by atoms with van der Waals surface area (Å²) in [4.78, 5) is 13.4. The molecule has 1 aliphatic heterocycles. The third-order valence-electron chi connectivity index (χ3n) is 2.70. The van der Waals surface area contributed by atoms with Crippen LogP contribution < -0.4 is 4.90 Å². The highest BCUT2D eigenvalue weighted by Gasteiger charge is 2.31. The Morgan fingerprint density at radius 1 is 1.38 bits per heavy atom. The molecule has 1 heterocycles. The molecule has 16 heavy (non-hydrogen) atoms. The summed E-state index contributed by atoms with van der Waals surface area (Å²) in [6.07, 6.45) is 2.27. The van der Waals surface area contributed by atoms with Gasteiger partial charge in [0.05, 0.1) is 15.7 Å². The summed E-state index contributed by atoms with van der Waals surface area (Å²) in [5.74, 6) is 0.222. The van der Waals surface area contributed by atoms with Crippen LogP contribution in [0.15, 0.2) is 30.9 Å². The molecule has 0 bridgehead atoms. The maximum atomic E-state index is 11.8. The summed E-state index contributed by atoms with van der Waals surface area (Å²) in [5, 5.41) is 1.01. The van der Waals surface area contributed by atoms with E-state index in [2.05, 4.69) is 6.58 Å². The molecule has 1 unspecified atom stereocenters. The lowest BCUT2D eigenvalue weighted by molar-refractivity contribution is -0.117. The van der Waals surface area contributed by atoms with E-state index in [1.165, 1.54) is 0 Å². The highest BCUT2D eigenvalue weighted by Crippen LogP contribution is 2.37. The maximum absolute atomic E-state index is 11.8. The van der Waals surface area contributed by atoms with Gasteiger partial charge in [-0.25, -0.2) is 0 Å². The van der Waals surface area contributed by atoms with E-state index in [0.29, 0.717) is 28.7 Å². The number of carbonyl (C=O) groups excluding carboxylic acids is 1. The normalized spacial score (nSPS) is 20.2. The third kappa shape index (κ3) is 1.95. The molecule has 1 amide bonds. The number of carbonyl (C=O) groups is 1. The largest absolute Gasteiger partial charge is 0.309 e. The molecule has 0 radical (unpaired) electrons. The second-order valence-corrected chi connectivity index (χ2v) is 4.59. The number of hydrogen-bond acceptors (Lipinski definition) is 1. The van der Waals surface area contributed by atoms with Gasteiger partial charge in [0.2, 0.25) is 5.91 Å². The van der Waals surface area contributed by atoms with Gasteiger partial charge in [0.25, 0.3) is 0 Å². The van der Waals surface area contributed by atoms with Gasteiger partial charge in [0.1, 0.15) is 0 Å². The van der Waals surface area contributed by atoms with Gasteiger partial charge >= 0.3 is 0 Å². The predicted molar refractivity (Wildman–Crippen MR) is 67.1 cm³/mol. The van der Waals surface area contributed by atoms with Crippen molar-refractivity contribution in [1.82, 2.24) is 0 Å². The number of anilines is 1. The quantitative estimate of drug-likeness (QED) is 0.741. The molecule has 1 atom stereocenters.